The van der Waals surface area contributed by atoms with Crippen LogP contribution in [0.3, 0.4) is 0 Å². The molecule has 3 aliphatic rings. The van der Waals surface area contributed by atoms with Gasteiger partial charge in [0, 0.05) is 0 Å². The molecule has 176 valence electrons. The minimum absolute atomic E-state index is 0.445. The van der Waals surface area contributed by atoms with E-state index >= 15 is 0 Å². The van der Waals surface area contributed by atoms with E-state index in [-0.39, 0.29) is 0 Å². The molecule has 0 amide bonds. The fourth-order valence-corrected chi connectivity index (χ4v) is 9.80. The van der Waals surface area contributed by atoms with Crippen LogP contribution in [-0.2, 0) is 0 Å². The van der Waals surface area contributed by atoms with Gasteiger partial charge in [0.1, 0.15) is 0 Å². The van der Waals surface area contributed by atoms with Crippen LogP contribution >= 0.6 is 0 Å². The van der Waals surface area contributed by atoms with Gasteiger partial charge < -0.3 is 0 Å². The maximum Gasteiger partial charge on any atom is -0.0238 e. The summed E-state index contributed by atoms with van der Waals surface area (Å²) in [5.41, 5.74) is 2.13. The van der Waals surface area contributed by atoms with Crippen LogP contribution in [0.15, 0.2) is 0 Å². The van der Waals surface area contributed by atoms with Gasteiger partial charge in [0.25, 0.3) is 0 Å². The highest BCUT2D eigenvalue weighted by Gasteiger charge is 2.65. The normalized spacial score (nSPS) is 45.3. The summed E-state index contributed by atoms with van der Waals surface area (Å²) < 4.78 is 0. The predicted molar refractivity (Wildman–Crippen MR) is 134 cm³/mol. The molecule has 0 aromatic heterocycles. The van der Waals surface area contributed by atoms with Gasteiger partial charge in [0.15, 0.2) is 0 Å². The molecule has 0 aromatic carbocycles. The lowest BCUT2D eigenvalue weighted by atomic mass is 9.40. The largest absolute Gasteiger partial charge is 0.0648 e. The van der Waals surface area contributed by atoms with E-state index in [1.54, 1.807) is 0 Å². The minimum Gasteiger partial charge on any atom is -0.0648 e. The summed E-state index contributed by atoms with van der Waals surface area (Å²) in [6.45, 7) is 25.7. The molecule has 3 saturated carbocycles. The van der Waals surface area contributed by atoms with Crippen LogP contribution in [0.5, 0.6) is 0 Å². The van der Waals surface area contributed by atoms with E-state index in [0.29, 0.717) is 21.7 Å². The van der Waals surface area contributed by atoms with E-state index in [4.69, 9.17) is 0 Å². The minimum atomic E-state index is 0.445. The first-order valence-corrected chi connectivity index (χ1v) is 13.8. The summed E-state index contributed by atoms with van der Waals surface area (Å²) in [6.07, 6.45) is 14.7. The van der Waals surface area contributed by atoms with Crippen molar-refractivity contribution >= 4 is 0 Å². The number of rotatable bonds is 6. The molecule has 0 radical (unpaired) electrons. The van der Waals surface area contributed by atoms with E-state index in [1.165, 1.54) is 64.2 Å². The molecular formula is C30H56. The van der Waals surface area contributed by atoms with E-state index < -0.39 is 0 Å². The zero-order valence-corrected chi connectivity index (χ0v) is 22.5. The Morgan fingerprint density at radius 1 is 0.800 bits per heavy atom. The molecule has 0 heterocycles. The molecule has 30 heavy (non-hydrogen) atoms. The van der Waals surface area contributed by atoms with Crippen LogP contribution in [0.2, 0.25) is 0 Å². The molecule has 3 rings (SSSR count). The number of hydrogen-bond donors (Lipinski definition) is 0. The average Bonchev–Trinajstić information content (AvgIpc) is 2.92. The highest BCUT2D eigenvalue weighted by Crippen LogP contribution is 2.73. The highest BCUT2D eigenvalue weighted by atomic mass is 14.7. The molecule has 0 heteroatoms. The predicted octanol–water partition coefficient (Wildman–Crippen LogP) is 9.77. The van der Waals surface area contributed by atoms with Gasteiger partial charge in [-0.05, 0) is 95.7 Å². The third-order valence-electron chi connectivity index (χ3n) is 11.7. The first-order chi connectivity index (χ1) is 13.8. The smallest absolute Gasteiger partial charge is 0.0238 e. The van der Waals surface area contributed by atoms with Gasteiger partial charge >= 0.3 is 0 Å². The van der Waals surface area contributed by atoms with Crippen molar-refractivity contribution in [3.8, 4) is 0 Å². The Labute approximate surface area is 190 Å². The van der Waals surface area contributed by atoms with Crippen LogP contribution in [0.25, 0.3) is 0 Å². The monoisotopic (exact) mass is 416 g/mol. The van der Waals surface area contributed by atoms with Gasteiger partial charge in [0.05, 0.1) is 0 Å². The number of fused-ring (bicyclic) bond motifs is 3. The third kappa shape index (κ3) is 3.83. The van der Waals surface area contributed by atoms with Crippen molar-refractivity contribution in [2.45, 2.75) is 133 Å². The summed E-state index contributed by atoms with van der Waals surface area (Å²) >= 11 is 0. The molecule has 0 aliphatic heterocycles. The van der Waals surface area contributed by atoms with Crippen molar-refractivity contribution in [2.24, 2.45) is 57.2 Å². The Hall–Kier alpha value is 0. The van der Waals surface area contributed by atoms with Crippen LogP contribution < -0.4 is 0 Å². The van der Waals surface area contributed by atoms with Crippen molar-refractivity contribution in [1.82, 2.24) is 0 Å². The van der Waals surface area contributed by atoms with Crippen LogP contribution in [0, 0.1) is 57.2 Å². The Morgan fingerprint density at radius 3 is 2.00 bits per heavy atom. The van der Waals surface area contributed by atoms with Crippen molar-refractivity contribution < 1.29 is 0 Å². The average molecular weight is 417 g/mol. The lowest BCUT2D eigenvalue weighted by molar-refractivity contribution is -0.164. The second-order valence-corrected chi connectivity index (χ2v) is 14.4. The molecule has 0 saturated heterocycles. The van der Waals surface area contributed by atoms with Gasteiger partial charge in [-0.1, -0.05) is 94.9 Å². The zero-order valence-electron chi connectivity index (χ0n) is 22.5. The van der Waals surface area contributed by atoms with Gasteiger partial charge in [-0.2, -0.15) is 0 Å². The van der Waals surface area contributed by atoms with Crippen LogP contribution in [-0.4, -0.2) is 0 Å². The van der Waals surface area contributed by atoms with Crippen LogP contribution in [0.4, 0.5) is 0 Å². The molecule has 0 spiro atoms. The molecule has 1 unspecified atom stereocenters. The summed E-state index contributed by atoms with van der Waals surface area (Å²) in [5.74, 6) is 5.54. The second-order valence-electron chi connectivity index (χ2n) is 14.4. The third-order valence-corrected chi connectivity index (χ3v) is 11.7. The maximum absolute atomic E-state index is 2.76. The summed E-state index contributed by atoms with van der Waals surface area (Å²) in [7, 11) is 0. The summed E-state index contributed by atoms with van der Waals surface area (Å²) in [5, 5.41) is 0. The quantitative estimate of drug-likeness (QED) is 0.404. The topological polar surface area (TPSA) is 0 Å². The molecule has 3 aliphatic carbocycles. The molecule has 3 fully saturated rings. The first-order valence-electron chi connectivity index (χ1n) is 13.8. The molecular weight excluding hydrogens is 360 g/mol. The van der Waals surface area contributed by atoms with Crippen molar-refractivity contribution in [3.63, 3.8) is 0 Å². The van der Waals surface area contributed by atoms with Crippen molar-refractivity contribution in [3.05, 3.63) is 0 Å². The SMILES string of the molecule is CC[C@@]1(C)C(C(C)(C)C)CC[C@@H]2[C@@H]1CC[C@]1(C)[C@@H]([C@H](C)CCCC(C)C)CC[C@@]21C. The fourth-order valence-electron chi connectivity index (χ4n) is 9.80. The molecule has 8 atom stereocenters. The zero-order chi connectivity index (χ0) is 22.5. The number of hydrogen-bond acceptors (Lipinski definition) is 0. The Kier molecular flexibility index (Phi) is 6.91. The Morgan fingerprint density at radius 2 is 1.43 bits per heavy atom. The van der Waals surface area contributed by atoms with Gasteiger partial charge in [-0.25, -0.2) is 0 Å². The standard InChI is InChI=1S/C30H56/c1-11-28(8)24-18-20-29(9)23(22(4)14-12-13-21(2)3)17-19-30(29,10)25(24)15-16-26(28)27(5,6)7/h21-26H,11-20H2,1-10H3/t22-,23-,24+,25-,26?,28-,29-,30+/m1/s1. The van der Waals surface area contributed by atoms with E-state index in [0.717, 1.165) is 35.5 Å². The van der Waals surface area contributed by atoms with Gasteiger partial charge in [-0.15, -0.1) is 0 Å². The molecule has 0 nitrogen and oxygen atoms in total. The lowest BCUT2D eigenvalue weighted by Gasteiger charge is -2.65. The summed E-state index contributed by atoms with van der Waals surface area (Å²) in [6, 6.07) is 0. The Balaban J connectivity index is 1.83. The summed E-state index contributed by atoms with van der Waals surface area (Å²) in [4.78, 5) is 0. The van der Waals surface area contributed by atoms with Gasteiger partial charge in [0.2, 0.25) is 0 Å². The fraction of sp³-hybridized carbons (Fsp3) is 1.00. The highest BCUT2D eigenvalue weighted by molar-refractivity contribution is 5.14. The molecule has 0 bridgehead atoms. The Bertz CT molecular complexity index is 581. The van der Waals surface area contributed by atoms with Gasteiger partial charge in [-0.3, -0.25) is 0 Å². The molecule has 0 aromatic rings. The van der Waals surface area contributed by atoms with E-state index in [1.807, 2.05) is 0 Å². The lowest BCUT2D eigenvalue weighted by Crippen LogP contribution is -2.58. The molecule has 0 N–H and O–H groups in total. The van der Waals surface area contributed by atoms with Crippen molar-refractivity contribution in [1.29, 1.82) is 0 Å². The second kappa shape index (κ2) is 8.41. The maximum atomic E-state index is 2.76. The van der Waals surface area contributed by atoms with E-state index in [9.17, 15) is 0 Å². The van der Waals surface area contributed by atoms with Crippen LogP contribution in [0.1, 0.15) is 133 Å². The van der Waals surface area contributed by atoms with E-state index in [2.05, 4.69) is 69.2 Å². The first kappa shape index (κ1) is 24.6. The van der Waals surface area contributed by atoms with Crippen molar-refractivity contribution in [2.75, 3.05) is 0 Å².